The van der Waals surface area contributed by atoms with Crippen LogP contribution in [-0.4, -0.2) is 75.6 Å². The molecule has 0 saturated carbocycles. The van der Waals surface area contributed by atoms with Crippen molar-refractivity contribution in [2.75, 3.05) is 56.5 Å². The second-order valence-corrected chi connectivity index (χ2v) is 11.0. The third kappa shape index (κ3) is 5.48. The Labute approximate surface area is 201 Å². The van der Waals surface area contributed by atoms with Gasteiger partial charge in [0, 0.05) is 62.1 Å². The molecule has 2 fully saturated rings. The topological polar surface area (TPSA) is 90.0 Å². The molecule has 1 amide bonds. The fourth-order valence-corrected chi connectivity index (χ4v) is 5.96. The van der Waals surface area contributed by atoms with Crippen molar-refractivity contribution in [3.63, 3.8) is 0 Å². The van der Waals surface area contributed by atoms with Gasteiger partial charge < -0.3 is 15.1 Å². The lowest BCUT2D eigenvalue weighted by atomic mass is 9.97. The third-order valence-corrected chi connectivity index (χ3v) is 8.60. The zero-order valence-corrected chi connectivity index (χ0v) is 20.6. The molecule has 2 aliphatic rings. The Morgan fingerprint density at radius 3 is 2.18 bits per heavy atom. The van der Waals surface area contributed by atoms with Gasteiger partial charge in [-0.25, -0.2) is 8.42 Å². The van der Waals surface area contributed by atoms with Crippen molar-refractivity contribution >= 4 is 33.1 Å². The second-order valence-electron chi connectivity index (χ2n) is 9.09. The summed E-state index contributed by atoms with van der Waals surface area (Å²) in [7, 11) is -1.58. The number of benzene rings is 2. The molecule has 34 heavy (non-hydrogen) atoms. The number of Topliss-reactive ketones (excluding diaryl/α,β-unsaturated/α-hetero) is 1. The van der Waals surface area contributed by atoms with Crippen LogP contribution in [0.2, 0.25) is 0 Å². The average molecular weight is 485 g/mol. The van der Waals surface area contributed by atoms with Crippen LogP contribution < -0.4 is 10.2 Å². The quantitative estimate of drug-likeness (QED) is 0.634. The zero-order chi connectivity index (χ0) is 24.3. The Kier molecular flexibility index (Phi) is 7.35. The molecule has 2 heterocycles. The molecule has 0 atom stereocenters. The lowest BCUT2D eigenvalue weighted by Crippen LogP contribution is -2.44. The third-order valence-electron chi connectivity index (χ3n) is 6.71. The van der Waals surface area contributed by atoms with Gasteiger partial charge in [0.25, 0.3) is 0 Å². The average Bonchev–Trinajstić information content (AvgIpc) is 2.85. The molecule has 0 aromatic heterocycles. The number of hydrogen-bond donors (Lipinski definition) is 1. The van der Waals surface area contributed by atoms with Gasteiger partial charge in [0.15, 0.2) is 5.78 Å². The Morgan fingerprint density at radius 1 is 0.912 bits per heavy atom. The maximum atomic E-state index is 13.0. The van der Waals surface area contributed by atoms with Crippen LogP contribution in [0.25, 0.3) is 0 Å². The first kappa shape index (κ1) is 24.4. The molecule has 9 heteroatoms. The van der Waals surface area contributed by atoms with Crippen LogP contribution in [0.5, 0.6) is 0 Å². The predicted octanol–water partition coefficient (Wildman–Crippen LogP) is 2.68. The van der Waals surface area contributed by atoms with E-state index in [-0.39, 0.29) is 35.6 Å². The van der Waals surface area contributed by atoms with Gasteiger partial charge in [-0.1, -0.05) is 12.1 Å². The molecule has 1 N–H and O–H groups in total. The maximum Gasteiger partial charge on any atom is 0.243 e. The van der Waals surface area contributed by atoms with Gasteiger partial charge in [-0.05, 0) is 63.2 Å². The van der Waals surface area contributed by atoms with Crippen molar-refractivity contribution in [1.82, 2.24) is 9.21 Å². The summed E-state index contributed by atoms with van der Waals surface area (Å²) in [5, 5.41) is 2.98. The van der Waals surface area contributed by atoms with Crippen molar-refractivity contribution in [3.05, 3.63) is 54.1 Å². The summed E-state index contributed by atoms with van der Waals surface area (Å²) in [6.45, 7) is 6.01. The first-order valence-corrected chi connectivity index (χ1v) is 13.1. The highest BCUT2D eigenvalue weighted by Crippen LogP contribution is 2.26. The monoisotopic (exact) mass is 484 g/mol. The summed E-state index contributed by atoms with van der Waals surface area (Å²) in [5.41, 5.74) is 2.27. The number of nitrogens with zero attached hydrogens (tertiary/aromatic N) is 3. The van der Waals surface area contributed by atoms with E-state index in [9.17, 15) is 18.0 Å². The molecule has 8 nitrogen and oxygen atoms in total. The van der Waals surface area contributed by atoms with Crippen LogP contribution in [0, 0.1) is 5.92 Å². The summed E-state index contributed by atoms with van der Waals surface area (Å²) in [6.07, 6.45) is 0.910. The number of ketones is 1. The van der Waals surface area contributed by atoms with Crippen molar-refractivity contribution < 1.29 is 18.0 Å². The van der Waals surface area contributed by atoms with E-state index in [0.29, 0.717) is 18.4 Å². The molecule has 2 aliphatic heterocycles. The highest BCUT2D eigenvalue weighted by molar-refractivity contribution is 7.89. The van der Waals surface area contributed by atoms with Crippen molar-refractivity contribution in [3.8, 4) is 0 Å². The number of likely N-dealkylation sites (N-methyl/N-ethyl adjacent to an activating group) is 1. The van der Waals surface area contributed by atoms with E-state index in [2.05, 4.69) is 22.2 Å². The highest BCUT2D eigenvalue weighted by Gasteiger charge is 2.32. The van der Waals surface area contributed by atoms with Gasteiger partial charge in [0.2, 0.25) is 15.9 Å². The fraction of sp³-hybridized carbons (Fsp3) is 0.440. The van der Waals surface area contributed by atoms with E-state index < -0.39 is 10.0 Å². The van der Waals surface area contributed by atoms with Crippen LogP contribution in [0.15, 0.2) is 53.4 Å². The van der Waals surface area contributed by atoms with E-state index in [1.54, 1.807) is 12.1 Å². The predicted molar refractivity (Wildman–Crippen MR) is 133 cm³/mol. The number of anilines is 2. The van der Waals surface area contributed by atoms with Crippen molar-refractivity contribution in [1.29, 1.82) is 0 Å². The standard InChI is InChI=1S/C25H32N4O4S/c1-19(30)21-4-3-5-24(18-21)34(32,33)29-12-10-20(11-13-29)25(31)26-22-6-8-23(9-7-22)28-16-14-27(2)15-17-28/h3-9,18,20H,10-17H2,1-2H3,(H,26,31). The number of hydrogen-bond acceptors (Lipinski definition) is 6. The molecular weight excluding hydrogens is 452 g/mol. The molecular formula is C25H32N4O4S. The van der Waals surface area contributed by atoms with Crippen molar-refractivity contribution in [2.45, 2.75) is 24.7 Å². The van der Waals surface area contributed by atoms with Gasteiger partial charge in [-0.15, -0.1) is 0 Å². The molecule has 0 unspecified atom stereocenters. The Bertz CT molecular complexity index is 1130. The molecule has 2 aromatic carbocycles. The van der Waals surface area contributed by atoms with Gasteiger partial charge in [-0.2, -0.15) is 4.31 Å². The number of nitrogens with one attached hydrogen (secondary N) is 1. The molecule has 0 radical (unpaired) electrons. The minimum absolute atomic E-state index is 0.0806. The van der Waals surface area contributed by atoms with Gasteiger partial charge in [-0.3, -0.25) is 9.59 Å². The van der Waals surface area contributed by atoms with Crippen molar-refractivity contribution in [2.24, 2.45) is 5.92 Å². The normalized spacial score (nSPS) is 18.6. The van der Waals surface area contributed by atoms with E-state index in [1.807, 2.05) is 24.3 Å². The SMILES string of the molecule is CC(=O)c1cccc(S(=O)(=O)N2CCC(C(=O)Nc3ccc(N4CCN(C)CC4)cc3)CC2)c1. The summed E-state index contributed by atoms with van der Waals surface area (Å²) < 4.78 is 27.4. The van der Waals surface area contributed by atoms with Crippen LogP contribution in [-0.2, 0) is 14.8 Å². The molecule has 2 aromatic rings. The molecule has 0 bridgehead atoms. The molecule has 0 spiro atoms. The molecule has 182 valence electrons. The Balaban J connectivity index is 1.32. The maximum absolute atomic E-state index is 13.0. The van der Waals surface area contributed by atoms with Crippen LogP contribution >= 0.6 is 0 Å². The molecule has 0 aliphatic carbocycles. The number of sulfonamides is 1. The summed E-state index contributed by atoms with van der Waals surface area (Å²) >= 11 is 0. The fourth-order valence-electron chi connectivity index (χ4n) is 4.45. The van der Waals surface area contributed by atoms with Crippen LogP contribution in [0.3, 0.4) is 0 Å². The number of piperidine rings is 1. The lowest BCUT2D eigenvalue weighted by Gasteiger charge is -2.34. The number of carbonyl (C=O) groups excluding carboxylic acids is 2. The number of amides is 1. The highest BCUT2D eigenvalue weighted by atomic mass is 32.2. The lowest BCUT2D eigenvalue weighted by molar-refractivity contribution is -0.120. The van der Waals surface area contributed by atoms with Gasteiger partial charge in [0.1, 0.15) is 0 Å². The Hall–Kier alpha value is -2.75. The number of carbonyl (C=O) groups is 2. The summed E-state index contributed by atoms with van der Waals surface area (Å²) in [4.78, 5) is 29.2. The molecule has 2 saturated heterocycles. The zero-order valence-electron chi connectivity index (χ0n) is 19.7. The first-order chi connectivity index (χ1) is 16.2. The van der Waals surface area contributed by atoms with E-state index in [0.717, 1.165) is 37.6 Å². The number of rotatable bonds is 6. The summed E-state index contributed by atoms with van der Waals surface area (Å²) in [6, 6.07) is 14.0. The number of piperazine rings is 1. The first-order valence-electron chi connectivity index (χ1n) is 11.7. The minimum Gasteiger partial charge on any atom is -0.369 e. The van der Waals surface area contributed by atoms with E-state index in [1.165, 1.54) is 23.4 Å². The minimum atomic E-state index is -3.70. The van der Waals surface area contributed by atoms with E-state index >= 15 is 0 Å². The van der Waals surface area contributed by atoms with Crippen LogP contribution in [0.1, 0.15) is 30.1 Å². The largest absolute Gasteiger partial charge is 0.369 e. The summed E-state index contributed by atoms with van der Waals surface area (Å²) in [5.74, 6) is -0.501. The van der Waals surface area contributed by atoms with Crippen LogP contribution in [0.4, 0.5) is 11.4 Å². The second kappa shape index (κ2) is 10.2. The molecule has 4 rings (SSSR count). The van der Waals surface area contributed by atoms with Gasteiger partial charge in [0.05, 0.1) is 4.90 Å². The van der Waals surface area contributed by atoms with Gasteiger partial charge >= 0.3 is 0 Å². The Morgan fingerprint density at radius 2 is 1.56 bits per heavy atom. The van der Waals surface area contributed by atoms with E-state index in [4.69, 9.17) is 0 Å². The smallest absolute Gasteiger partial charge is 0.243 e.